The standard InChI is InChI=1S/8C13H10O2.2C6H5Cl.2C2H5NO.4Fe/c8*14-13(15)12-9-5-4-8-11(12)10-6-2-1-3-7-10;2*7-6-4-2-1-3-5-6;2*1-2(3)4;;;;/h8*1-9H,(H,14,15);2*1-5H;2*1H3,(H2,3,4);;;;/q;;;;;;;;;;;;4*+2/p-8. The Morgan fingerprint density at radius 2 is 0.226 bits per heavy atom. The first kappa shape index (κ1) is 123. The average molecular weight is 2140 g/mol. The van der Waals surface area contributed by atoms with Gasteiger partial charge in [0, 0.05) is 68.4 Å². The number of rotatable bonds is 16. The van der Waals surface area contributed by atoms with Gasteiger partial charge in [-0.25, -0.2) is 0 Å². The second-order valence-electron chi connectivity index (χ2n) is 29.4. The van der Waals surface area contributed by atoms with E-state index in [1.807, 2.05) is 352 Å². The molecule has 4 N–H and O–H groups in total. The van der Waals surface area contributed by atoms with Crippen molar-refractivity contribution in [3.8, 4) is 89.0 Å². The van der Waals surface area contributed by atoms with Crippen LogP contribution in [0.25, 0.3) is 89.0 Å². The van der Waals surface area contributed by atoms with E-state index in [1.165, 1.54) is 13.8 Å². The topological polar surface area (TPSA) is 407 Å². The van der Waals surface area contributed by atoms with Gasteiger partial charge in [0.05, 0.1) is 47.8 Å². The number of primary amides is 2. The molecule has 0 heterocycles. The number of aromatic carboxylic acids is 8. The zero-order valence-electron chi connectivity index (χ0n) is 78.0. The molecule has 0 fully saturated rings. The van der Waals surface area contributed by atoms with Crippen molar-refractivity contribution in [1.82, 2.24) is 0 Å². The third-order valence-corrected chi connectivity index (χ3v) is 19.8. The number of carboxylic acids is 8. The van der Waals surface area contributed by atoms with Gasteiger partial charge in [-0.15, -0.1) is 0 Å². The summed E-state index contributed by atoms with van der Waals surface area (Å²) in [6.07, 6.45) is 0. The third kappa shape index (κ3) is 43.8. The van der Waals surface area contributed by atoms with Gasteiger partial charge >= 0.3 is 68.3 Å². The van der Waals surface area contributed by atoms with E-state index in [0.717, 1.165) is 54.6 Å². The minimum Gasteiger partial charge on any atom is -0.545 e. The zero-order valence-corrected chi connectivity index (χ0v) is 83.9. The van der Waals surface area contributed by atoms with Gasteiger partial charge in [0.2, 0.25) is 11.8 Å². The largest absolute Gasteiger partial charge is 2.00 e. The number of halogens is 2. The molecule has 146 heavy (non-hydrogen) atoms. The van der Waals surface area contributed by atoms with E-state index < -0.39 is 47.8 Å². The number of carbonyl (C=O) groups is 10. The van der Waals surface area contributed by atoms with Gasteiger partial charge in [0.1, 0.15) is 0 Å². The monoisotopic (exact) mass is 2140 g/mol. The van der Waals surface area contributed by atoms with Gasteiger partial charge < -0.3 is 90.7 Å². The molecule has 0 aliphatic rings. The minimum atomic E-state index is -1.14. The Morgan fingerprint density at radius 1 is 0.151 bits per heavy atom. The molecule has 26 heteroatoms. The van der Waals surface area contributed by atoms with Crippen LogP contribution in [0.15, 0.2) is 497 Å². The van der Waals surface area contributed by atoms with Crippen LogP contribution in [0.4, 0.5) is 0 Å². The average Bonchev–Trinajstić information content (AvgIpc) is 0.874. The van der Waals surface area contributed by atoms with E-state index in [0.29, 0.717) is 44.5 Å². The molecule has 0 spiro atoms. The Morgan fingerprint density at radius 3 is 0.301 bits per heavy atom. The number of carbonyl (C=O) groups excluding carboxylic acids is 10. The van der Waals surface area contributed by atoms with Gasteiger partial charge in [-0.2, -0.15) is 0 Å². The van der Waals surface area contributed by atoms with E-state index >= 15 is 0 Å². The molecule has 0 unspecified atom stereocenters. The fourth-order valence-electron chi connectivity index (χ4n) is 13.1. The van der Waals surface area contributed by atoms with Crippen molar-refractivity contribution in [2.45, 2.75) is 13.8 Å². The number of benzene rings is 18. The molecule has 736 valence electrons. The molecular weight excluding hydrogens is 2050 g/mol. The number of carboxylic acid groups (broad SMARTS) is 8. The maximum Gasteiger partial charge on any atom is 2.00 e. The molecular formula is C120H92Cl2Fe4N2O18. The van der Waals surface area contributed by atoms with Gasteiger partial charge in [-0.1, -0.05) is 496 Å². The fraction of sp³-hybridized carbons (Fsp3) is 0.0167. The predicted molar refractivity (Wildman–Crippen MR) is 542 cm³/mol. The molecule has 2 amide bonds. The maximum atomic E-state index is 10.9. The Balaban J connectivity index is 0.000000414. The normalized spacial score (nSPS) is 9.29. The van der Waals surface area contributed by atoms with Crippen LogP contribution in [0.3, 0.4) is 0 Å². The summed E-state index contributed by atoms with van der Waals surface area (Å²) in [4.78, 5) is 106. The number of amides is 2. The predicted octanol–water partition coefficient (Wildman–Crippen LogP) is 17.4. The number of hydrogen-bond donors (Lipinski definition) is 2. The van der Waals surface area contributed by atoms with Crippen LogP contribution in [0.1, 0.15) is 96.7 Å². The fourth-order valence-corrected chi connectivity index (χ4v) is 13.4. The zero-order chi connectivity index (χ0) is 103. The molecule has 0 atom stereocenters. The van der Waals surface area contributed by atoms with Crippen molar-refractivity contribution in [3.05, 3.63) is 552 Å². The van der Waals surface area contributed by atoms with Gasteiger partial charge in [0.15, 0.2) is 0 Å². The Bertz CT molecular complexity index is 5860. The van der Waals surface area contributed by atoms with Crippen molar-refractivity contribution >= 4 is 82.8 Å². The summed E-state index contributed by atoms with van der Waals surface area (Å²) < 4.78 is 0. The summed E-state index contributed by atoms with van der Waals surface area (Å²) in [5, 5.41) is 88.7. The Kier molecular flexibility index (Phi) is 58.6. The summed E-state index contributed by atoms with van der Waals surface area (Å²) in [6, 6.07) is 149. The van der Waals surface area contributed by atoms with Gasteiger partial charge in [0.25, 0.3) is 0 Å². The minimum absolute atomic E-state index is 0. The van der Waals surface area contributed by atoms with Gasteiger partial charge in [-0.3, -0.25) is 9.59 Å². The molecule has 18 rings (SSSR count). The molecule has 0 aliphatic heterocycles. The number of hydrogen-bond acceptors (Lipinski definition) is 18. The molecule has 0 saturated heterocycles. The van der Waals surface area contributed by atoms with E-state index in [1.54, 1.807) is 146 Å². The van der Waals surface area contributed by atoms with Crippen molar-refractivity contribution in [1.29, 1.82) is 0 Å². The first-order chi connectivity index (χ1) is 68.6. The maximum absolute atomic E-state index is 10.9. The van der Waals surface area contributed by atoms with Crippen LogP contribution in [-0.4, -0.2) is 59.6 Å². The van der Waals surface area contributed by atoms with Crippen LogP contribution >= 0.6 is 23.2 Å². The van der Waals surface area contributed by atoms with Crippen molar-refractivity contribution < 1.29 is 157 Å². The van der Waals surface area contributed by atoms with Crippen LogP contribution in [-0.2, 0) is 77.9 Å². The molecule has 0 aromatic heterocycles. The Labute approximate surface area is 898 Å². The van der Waals surface area contributed by atoms with Crippen LogP contribution in [0, 0.1) is 0 Å². The first-order valence-electron chi connectivity index (χ1n) is 43.4. The number of nitrogens with two attached hydrogens (primary N) is 2. The second-order valence-corrected chi connectivity index (χ2v) is 30.3. The molecule has 18 aromatic rings. The summed E-state index contributed by atoms with van der Waals surface area (Å²) in [7, 11) is 0. The molecule has 0 bridgehead atoms. The Hall–Kier alpha value is -16.7. The van der Waals surface area contributed by atoms with E-state index in [4.69, 9.17) is 23.2 Å². The van der Waals surface area contributed by atoms with Gasteiger partial charge in [-0.05, 0) is 113 Å². The molecule has 0 saturated carbocycles. The van der Waals surface area contributed by atoms with Crippen molar-refractivity contribution in [3.63, 3.8) is 0 Å². The molecule has 0 aliphatic carbocycles. The van der Waals surface area contributed by atoms with Crippen molar-refractivity contribution in [2.24, 2.45) is 11.5 Å². The smallest absolute Gasteiger partial charge is 0.545 e. The molecule has 18 aromatic carbocycles. The second kappa shape index (κ2) is 69.2. The SMILES string of the molecule is CC(N)=O.CC(N)=O.Clc1ccccc1.Clc1ccccc1.O=C([O-])c1ccccc1-c1ccccc1.O=C([O-])c1ccccc1-c1ccccc1.O=C([O-])c1ccccc1-c1ccccc1.O=C([O-])c1ccccc1-c1ccccc1.O=C([O-])c1ccccc1-c1ccccc1.O=C([O-])c1ccccc1-c1ccccc1.O=C([O-])c1ccccc1-c1ccccc1.O=C([O-])c1ccccc1-c1ccccc1.[Fe+2].[Fe+2].[Fe+2].[Fe+2]. The van der Waals surface area contributed by atoms with Crippen LogP contribution in [0.5, 0.6) is 0 Å². The summed E-state index contributed by atoms with van der Waals surface area (Å²) in [6.45, 7) is 2.61. The quantitative estimate of drug-likeness (QED) is 0.0848. The van der Waals surface area contributed by atoms with E-state index in [9.17, 15) is 88.8 Å². The summed E-state index contributed by atoms with van der Waals surface area (Å²) in [5.74, 6) is -9.82. The molecule has 0 radical (unpaired) electrons. The molecule has 20 nitrogen and oxygen atoms in total. The van der Waals surface area contributed by atoms with Crippen LogP contribution < -0.4 is 52.3 Å². The third-order valence-electron chi connectivity index (χ3n) is 19.3. The summed E-state index contributed by atoms with van der Waals surface area (Å²) in [5.41, 5.74) is 23.4. The van der Waals surface area contributed by atoms with E-state index in [-0.39, 0.29) is 125 Å². The first-order valence-corrected chi connectivity index (χ1v) is 44.1. The van der Waals surface area contributed by atoms with Crippen LogP contribution in [0.2, 0.25) is 10.0 Å². The van der Waals surface area contributed by atoms with Crippen molar-refractivity contribution in [2.75, 3.05) is 0 Å². The summed E-state index contributed by atoms with van der Waals surface area (Å²) >= 11 is 11.1. The van der Waals surface area contributed by atoms with E-state index in [2.05, 4.69) is 11.5 Å².